The predicted octanol–water partition coefficient (Wildman–Crippen LogP) is 5.70. The molecule has 0 nitrogen and oxygen atoms in total. The van der Waals surface area contributed by atoms with Gasteiger partial charge in [0.25, 0.3) is 0 Å². The molecule has 2 aromatic carbocycles. The molecule has 0 amide bonds. The van der Waals surface area contributed by atoms with Gasteiger partial charge in [-0.2, -0.15) is 0 Å². The molecule has 0 N–H and O–H groups in total. The summed E-state index contributed by atoms with van der Waals surface area (Å²) in [5.41, 5.74) is 7.35. The molecule has 1 heteroatoms. The standard InChI is InChI=1S/C17H15.2CH3.Hf/c1-2-13-7-3-4-10-15(13)17-12-6-9-14-8-5-11-16(14)17;;;/h3-12H,2H2,1H3;2*1H3;. The van der Waals surface area contributed by atoms with Gasteiger partial charge in [-0.3, -0.25) is 0 Å². The fraction of sp³-hybridized carbons (Fsp3) is 0.263. The Morgan fingerprint density at radius 1 is 0.950 bits per heavy atom. The van der Waals surface area contributed by atoms with Crippen LogP contribution in [0.2, 0.25) is 9.36 Å². The van der Waals surface area contributed by atoms with E-state index in [0.29, 0.717) is 0 Å². The van der Waals surface area contributed by atoms with Gasteiger partial charge in [0, 0.05) is 0 Å². The van der Waals surface area contributed by atoms with Gasteiger partial charge in [-0.25, -0.2) is 0 Å². The van der Waals surface area contributed by atoms with Crippen molar-refractivity contribution in [1.82, 2.24) is 0 Å². The summed E-state index contributed by atoms with van der Waals surface area (Å²) in [6.07, 6.45) is 5.93. The van der Waals surface area contributed by atoms with Gasteiger partial charge in [-0.15, -0.1) is 0 Å². The summed E-state index contributed by atoms with van der Waals surface area (Å²) >= 11 is -1.39. The first-order chi connectivity index (χ1) is 9.72. The van der Waals surface area contributed by atoms with Gasteiger partial charge in [0.05, 0.1) is 0 Å². The molecule has 0 saturated heterocycles. The molecule has 3 rings (SSSR count). The number of aryl methyl sites for hydroxylation is 1. The molecule has 101 valence electrons. The van der Waals surface area contributed by atoms with Crippen LogP contribution in [0.15, 0.2) is 48.5 Å². The summed E-state index contributed by atoms with van der Waals surface area (Å²) < 4.78 is 5.81. The summed E-state index contributed by atoms with van der Waals surface area (Å²) in [5, 5.41) is 0. The van der Waals surface area contributed by atoms with Crippen molar-refractivity contribution in [1.29, 1.82) is 0 Å². The average Bonchev–Trinajstić information content (AvgIpc) is 2.91. The quantitative estimate of drug-likeness (QED) is 0.551. The fourth-order valence-corrected chi connectivity index (χ4v) is 8.03. The Bertz CT molecular complexity index is 653. The first-order valence-electron chi connectivity index (χ1n) is 7.41. The maximum atomic E-state index is 2.52. The molecule has 1 atom stereocenters. The Hall–Kier alpha value is -0.950. The van der Waals surface area contributed by atoms with Gasteiger partial charge >= 0.3 is 130 Å². The van der Waals surface area contributed by atoms with Crippen LogP contribution in [0.4, 0.5) is 0 Å². The van der Waals surface area contributed by atoms with Gasteiger partial charge in [-0.05, 0) is 0 Å². The first kappa shape index (κ1) is 14.0. The van der Waals surface area contributed by atoms with Crippen LogP contribution in [0.5, 0.6) is 0 Å². The van der Waals surface area contributed by atoms with Gasteiger partial charge in [0.2, 0.25) is 0 Å². The van der Waals surface area contributed by atoms with Crippen LogP contribution in [0, 0.1) is 0 Å². The van der Waals surface area contributed by atoms with Crippen molar-refractivity contribution in [3.63, 3.8) is 0 Å². The van der Waals surface area contributed by atoms with Crippen molar-refractivity contribution in [2.75, 3.05) is 0 Å². The minimum atomic E-state index is -1.39. The molecule has 1 aliphatic carbocycles. The van der Waals surface area contributed by atoms with Crippen LogP contribution in [0.3, 0.4) is 0 Å². The van der Waals surface area contributed by atoms with Crippen molar-refractivity contribution >= 4 is 6.08 Å². The summed E-state index contributed by atoms with van der Waals surface area (Å²) in [5.74, 6) is 0. The van der Waals surface area contributed by atoms with E-state index in [1.54, 1.807) is 5.56 Å². The zero-order valence-electron chi connectivity index (χ0n) is 12.5. The van der Waals surface area contributed by atoms with Crippen molar-refractivity contribution in [3.8, 4) is 11.1 Å². The number of hydrogen-bond acceptors (Lipinski definition) is 0. The SMILES string of the molecule is CCc1ccccc1-c1cccc2c1C=C[CH]2[Hf]([CH3])[CH3]. The van der Waals surface area contributed by atoms with Crippen LogP contribution in [-0.4, -0.2) is 0 Å². The van der Waals surface area contributed by atoms with E-state index in [0.717, 1.165) is 10.1 Å². The Morgan fingerprint density at radius 3 is 2.45 bits per heavy atom. The molecular formula is C19H21Hf. The van der Waals surface area contributed by atoms with E-state index < -0.39 is 21.4 Å². The van der Waals surface area contributed by atoms with Gasteiger partial charge in [-0.1, -0.05) is 0 Å². The van der Waals surface area contributed by atoms with E-state index >= 15 is 0 Å². The number of fused-ring (bicyclic) bond motifs is 1. The summed E-state index contributed by atoms with van der Waals surface area (Å²) in [7, 11) is 0. The van der Waals surface area contributed by atoms with Crippen molar-refractivity contribution in [2.24, 2.45) is 0 Å². The molecule has 0 saturated carbocycles. The molecule has 0 aliphatic heterocycles. The molecule has 0 radical (unpaired) electrons. The second-order valence-corrected chi connectivity index (χ2v) is 15.7. The predicted molar refractivity (Wildman–Crippen MR) is 84.8 cm³/mol. The van der Waals surface area contributed by atoms with Gasteiger partial charge < -0.3 is 0 Å². The summed E-state index contributed by atoms with van der Waals surface area (Å²) in [6, 6.07) is 15.7. The van der Waals surface area contributed by atoms with E-state index in [4.69, 9.17) is 0 Å². The van der Waals surface area contributed by atoms with Crippen LogP contribution in [0.1, 0.15) is 27.3 Å². The van der Waals surface area contributed by atoms with Crippen molar-refractivity contribution in [3.05, 3.63) is 65.2 Å². The molecule has 0 fully saturated rings. The number of allylic oxidation sites excluding steroid dienone is 1. The minimum absolute atomic E-state index is 0.781. The van der Waals surface area contributed by atoms with Crippen LogP contribution in [0.25, 0.3) is 17.2 Å². The summed E-state index contributed by atoms with van der Waals surface area (Å²) in [4.78, 5) is 0. The van der Waals surface area contributed by atoms with Gasteiger partial charge in [0.15, 0.2) is 0 Å². The third-order valence-electron chi connectivity index (χ3n) is 4.24. The second kappa shape index (κ2) is 5.81. The van der Waals surface area contributed by atoms with Crippen LogP contribution < -0.4 is 0 Å². The molecule has 0 bridgehead atoms. The molecule has 1 unspecified atom stereocenters. The van der Waals surface area contributed by atoms with Gasteiger partial charge in [0.1, 0.15) is 0 Å². The molecule has 0 heterocycles. The molecule has 0 spiro atoms. The molecule has 20 heavy (non-hydrogen) atoms. The fourth-order valence-electron chi connectivity index (χ4n) is 3.17. The Labute approximate surface area is 130 Å². The Balaban J connectivity index is 2.16. The number of hydrogen-bond donors (Lipinski definition) is 0. The normalized spacial score (nSPS) is 16.2. The third-order valence-corrected chi connectivity index (χ3v) is 10.5. The molecule has 1 aliphatic rings. The molecule has 0 aromatic heterocycles. The third kappa shape index (κ3) is 2.37. The van der Waals surface area contributed by atoms with E-state index in [2.05, 4.69) is 70.9 Å². The zero-order valence-corrected chi connectivity index (χ0v) is 16.1. The topological polar surface area (TPSA) is 0 Å². The second-order valence-electron chi connectivity index (χ2n) is 5.73. The molecular weight excluding hydrogens is 407 g/mol. The average molecular weight is 428 g/mol. The van der Waals surface area contributed by atoms with E-state index in [1.165, 1.54) is 22.3 Å². The monoisotopic (exact) mass is 429 g/mol. The zero-order chi connectivity index (χ0) is 14.1. The number of rotatable bonds is 3. The Kier molecular flexibility index (Phi) is 4.07. The maximum absolute atomic E-state index is 2.52. The van der Waals surface area contributed by atoms with E-state index in [1.807, 2.05) is 0 Å². The van der Waals surface area contributed by atoms with Crippen LogP contribution >= 0.6 is 0 Å². The van der Waals surface area contributed by atoms with E-state index in [-0.39, 0.29) is 0 Å². The van der Waals surface area contributed by atoms with Crippen LogP contribution in [-0.2, 0) is 27.9 Å². The Morgan fingerprint density at radius 2 is 1.70 bits per heavy atom. The van der Waals surface area contributed by atoms with Crippen molar-refractivity contribution < 1.29 is 21.4 Å². The summed E-state index contributed by atoms with van der Waals surface area (Å²) in [6.45, 7) is 2.24. The number of benzene rings is 2. The first-order valence-corrected chi connectivity index (χ1v) is 16.7. The van der Waals surface area contributed by atoms with Crippen molar-refractivity contribution in [2.45, 2.75) is 26.4 Å². The van der Waals surface area contributed by atoms with E-state index in [9.17, 15) is 0 Å². The molecule has 2 aromatic rings.